The minimum Gasteiger partial charge on any atom is -0.396 e. The normalized spacial score (nSPS) is 13.4. The molecule has 0 aliphatic rings. The average Bonchev–Trinajstić information content (AvgIpc) is 2.52. The van der Waals surface area contributed by atoms with Crippen LogP contribution in [0.3, 0.4) is 0 Å². The van der Waals surface area contributed by atoms with Crippen molar-refractivity contribution in [3.63, 3.8) is 0 Å². The number of aliphatic hydroxyl groups is 4. The maximum Gasteiger partial charge on any atom is 0.0541 e. The van der Waals surface area contributed by atoms with Gasteiger partial charge in [-0.05, 0) is 38.5 Å². The van der Waals surface area contributed by atoms with Crippen LogP contribution in [0.2, 0.25) is 0 Å². The van der Waals surface area contributed by atoms with Crippen LogP contribution in [0.4, 0.5) is 0 Å². The molecule has 0 aliphatic carbocycles. The second-order valence-electron chi connectivity index (χ2n) is 6.03. The standard InChI is InChI=1S/2C9H20O2/c2*1-2-3-4-6-9(11)7-5-8-10/h2*9-11H,2-8H2,1H3. The van der Waals surface area contributed by atoms with Gasteiger partial charge in [0.05, 0.1) is 12.2 Å². The molecule has 0 saturated carbocycles. The molecule has 0 radical (unpaired) electrons. The molecule has 22 heavy (non-hydrogen) atoms. The van der Waals surface area contributed by atoms with Crippen LogP contribution in [0.15, 0.2) is 0 Å². The summed E-state index contributed by atoms with van der Waals surface area (Å²) in [4.78, 5) is 0. The molecular formula is C18H40O4. The zero-order chi connectivity index (χ0) is 17.1. The first-order valence-corrected chi connectivity index (χ1v) is 9.20. The highest BCUT2D eigenvalue weighted by Crippen LogP contribution is 2.08. The summed E-state index contributed by atoms with van der Waals surface area (Å²) < 4.78 is 0. The molecular weight excluding hydrogens is 280 g/mol. The Morgan fingerprint density at radius 3 is 1.14 bits per heavy atom. The Bertz CT molecular complexity index is 168. The van der Waals surface area contributed by atoms with E-state index in [0.717, 1.165) is 51.4 Å². The van der Waals surface area contributed by atoms with Crippen molar-refractivity contribution in [3.05, 3.63) is 0 Å². The summed E-state index contributed by atoms with van der Waals surface area (Å²) in [7, 11) is 0. The Morgan fingerprint density at radius 1 is 0.545 bits per heavy atom. The van der Waals surface area contributed by atoms with E-state index in [-0.39, 0.29) is 25.4 Å². The monoisotopic (exact) mass is 320 g/mol. The van der Waals surface area contributed by atoms with Gasteiger partial charge in [0.15, 0.2) is 0 Å². The molecule has 4 nitrogen and oxygen atoms in total. The van der Waals surface area contributed by atoms with E-state index in [2.05, 4.69) is 13.8 Å². The van der Waals surface area contributed by atoms with E-state index >= 15 is 0 Å². The third-order valence-corrected chi connectivity index (χ3v) is 3.67. The van der Waals surface area contributed by atoms with Crippen molar-refractivity contribution in [1.82, 2.24) is 0 Å². The van der Waals surface area contributed by atoms with Gasteiger partial charge in [0.1, 0.15) is 0 Å². The third-order valence-electron chi connectivity index (χ3n) is 3.67. The predicted octanol–water partition coefficient (Wildman–Crippen LogP) is 3.40. The molecule has 2 unspecified atom stereocenters. The number of aliphatic hydroxyl groups excluding tert-OH is 4. The molecule has 4 N–H and O–H groups in total. The fourth-order valence-corrected chi connectivity index (χ4v) is 2.20. The van der Waals surface area contributed by atoms with Gasteiger partial charge in [-0.25, -0.2) is 0 Å². The van der Waals surface area contributed by atoms with Gasteiger partial charge in [0.2, 0.25) is 0 Å². The summed E-state index contributed by atoms with van der Waals surface area (Å²) in [5.41, 5.74) is 0. The summed E-state index contributed by atoms with van der Waals surface area (Å²) in [5.74, 6) is 0. The van der Waals surface area contributed by atoms with Gasteiger partial charge in [0, 0.05) is 13.2 Å². The van der Waals surface area contributed by atoms with E-state index in [1.807, 2.05) is 0 Å². The van der Waals surface area contributed by atoms with Crippen LogP contribution in [-0.2, 0) is 0 Å². The van der Waals surface area contributed by atoms with Crippen LogP contribution in [0.5, 0.6) is 0 Å². The smallest absolute Gasteiger partial charge is 0.0541 e. The van der Waals surface area contributed by atoms with Crippen LogP contribution in [0, 0.1) is 0 Å². The lowest BCUT2D eigenvalue weighted by atomic mass is 10.1. The molecule has 0 saturated heterocycles. The van der Waals surface area contributed by atoms with E-state index in [1.54, 1.807) is 0 Å². The van der Waals surface area contributed by atoms with E-state index in [9.17, 15) is 10.2 Å². The highest BCUT2D eigenvalue weighted by atomic mass is 16.3. The van der Waals surface area contributed by atoms with Crippen LogP contribution in [0.1, 0.15) is 90.9 Å². The van der Waals surface area contributed by atoms with Crippen molar-refractivity contribution in [3.8, 4) is 0 Å². The second-order valence-corrected chi connectivity index (χ2v) is 6.03. The number of rotatable bonds is 14. The Morgan fingerprint density at radius 2 is 0.864 bits per heavy atom. The van der Waals surface area contributed by atoms with Crippen LogP contribution in [-0.4, -0.2) is 45.8 Å². The Labute approximate surface area is 137 Å². The zero-order valence-corrected chi connectivity index (χ0v) is 14.8. The molecule has 0 rings (SSSR count). The van der Waals surface area contributed by atoms with E-state index in [0.29, 0.717) is 0 Å². The summed E-state index contributed by atoms with van der Waals surface area (Å²) in [6.45, 7) is 4.70. The molecule has 4 heteroatoms. The van der Waals surface area contributed by atoms with Gasteiger partial charge in [-0.1, -0.05) is 52.4 Å². The molecule has 0 aromatic rings. The Hall–Kier alpha value is -0.160. The minimum absolute atomic E-state index is 0.186. The van der Waals surface area contributed by atoms with Gasteiger partial charge >= 0.3 is 0 Å². The van der Waals surface area contributed by atoms with Crippen molar-refractivity contribution in [2.24, 2.45) is 0 Å². The van der Waals surface area contributed by atoms with Crippen molar-refractivity contribution in [1.29, 1.82) is 0 Å². The highest BCUT2D eigenvalue weighted by molar-refractivity contribution is 4.56. The molecule has 0 aromatic heterocycles. The quantitative estimate of drug-likeness (QED) is 0.370. The Kier molecular flexibility index (Phi) is 22.8. The average molecular weight is 321 g/mol. The summed E-state index contributed by atoms with van der Waals surface area (Å²) >= 11 is 0. The van der Waals surface area contributed by atoms with E-state index in [1.165, 1.54) is 25.7 Å². The van der Waals surface area contributed by atoms with Crippen LogP contribution < -0.4 is 0 Å². The first-order chi connectivity index (χ1) is 10.6. The van der Waals surface area contributed by atoms with Gasteiger partial charge in [-0.15, -0.1) is 0 Å². The molecule has 0 aromatic carbocycles. The fourth-order valence-electron chi connectivity index (χ4n) is 2.20. The lowest BCUT2D eigenvalue weighted by Crippen LogP contribution is -2.06. The zero-order valence-electron chi connectivity index (χ0n) is 14.8. The fraction of sp³-hybridized carbons (Fsp3) is 1.00. The molecule has 0 heterocycles. The minimum atomic E-state index is -0.186. The van der Waals surface area contributed by atoms with Crippen molar-refractivity contribution in [2.75, 3.05) is 13.2 Å². The van der Waals surface area contributed by atoms with Crippen molar-refractivity contribution >= 4 is 0 Å². The van der Waals surface area contributed by atoms with E-state index < -0.39 is 0 Å². The highest BCUT2D eigenvalue weighted by Gasteiger charge is 2.02. The summed E-state index contributed by atoms with van der Waals surface area (Å²) in [5, 5.41) is 35.5. The maximum atomic E-state index is 9.30. The topological polar surface area (TPSA) is 80.9 Å². The SMILES string of the molecule is CCCCCC(O)CCCO.CCCCCC(O)CCCO. The molecule has 0 fully saturated rings. The van der Waals surface area contributed by atoms with Gasteiger partial charge in [-0.2, -0.15) is 0 Å². The van der Waals surface area contributed by atoms with Gasteiger partial charge < -0.3 is 20.4 Å². The summed E-state index contributed by atoms with van der Waals surface area (Å²) in [6, 6.07) is 0. The van der Waals surface area contributed by atoms with E-state index in [4.69, 9.17) is 10.2 Å². The second kappa shape index (κ2) is 20.8. The largest absolute Gasteiger partial charge is 0.396 e. The first kappa shape index (κ1) is 24.1. The van der Waals surface area contributed by atoms with Crippen LogP contribution >= 0.6 is 0 Å². The lowest BCUT2D eigenvalue weighted by molar-refractivity contribution is 0.138. The molecule has 0 spiro atoms. The number of hydrogen-bond acceptors (Lipinski definition) is 4. The maximum absolute atomic E-state index is 9.30. The lowest BCUT2D eigenvalue weighted by Gasteiger charge is -2.07. The summed E-state index contributed by atoms with van der Waals surface area (Å²) in [6.07, 6.45) is 11.4. The molecule has 0 amide bonds. The van der Waals surface area contributed by atoms with Crippen molar-refractivity contribution < 1.29 is 20.4 Å². The number of hydrogen-bond donors (Lipinski definition) is 4. The first-order valence-electron chi connectivity index (χ1n) is 9.20. The third kappa shape index (κ3) is 22.1. The van der Waals surface area contributed by atoms with Crippen LogP contribution in [0.25, 0.3) is 0 Å². The molecule has 0 aliphatic heterocycles. The Balaban J connectivity index is 0. The molecule has 136 valence electrons. The number of unbranched alkanes of at least 4 members (excludes halogenated alkanes) is 4. The van der Waals surface area contributed by atoms with Crippen molar-refractivity contribution in [2.45, 2.75) is 103 Å². The molecule has 2 atom stereocenters. The molecule has 0 bridgehead atoms. The predicted molar refractivity (Wildman–Crippen MR) is 92.9 cm³/mol. The van der Waals surface area contributed by atoms with Gasteiger partial charge in [0.25, 0.3) is 0 Å². The van der Waals surface area contributed by atoms with Gasteiger partial charge in [-0.3, -0.25) is 0 Å².